The molecule has 1 aromatic carbocycles. The third-order valence-electron chi connectivity index (χ3n) is 3.45. The van der Waals surface area contributed by atoms with Gasteiger partial charge in [-0.25, -0.2) is 0 Å². The topological polar surface area (TPSA) is 61.3 Å². The van der Waals surface area contributed by atoms with Gasteiger partial charge in [-0.05, 0) is 37.0 Å². The summed E-state index contributed by atoms with van der Waals surface area (Å²) in [5.41, 5.74) is 7.17. The maximum Gasteiger partial charge on any atom is 0.222 e. The molecule has 0 spiro atoms. The van der Waals surface area contributed by atoms with E-state index in [-0.39, 0.29) is 0 Å². The Kier molecular flexibility index (Phi) is 3.46. The van der Waals surface area contributed by atoms with Gasteiger partial charge in [-0.2, -0.15) is 0 Å². The van der Waals surface area contributed by atoms with Crippen LogP contribution < -0.4 is 10.5 Å². The third kappa shape index (κ3) is 2.76. The first-order valence-corrected chi connectivity index (χ1v) is 7.16. The van der Waals surface area contributed by atoms with E-state index in [9.17, 15) is 0 Å². The number of hydrogen-bond acceptors (Lipinski definition) is 4. The van der Waals surface area contributed by atoms with Crippen molar-refractivity contribution in [1.82, 2.24) is 5.16 Å². The number of nitrogens with two attached hydrogens (primary N) is 1. The van der Waals surface area contributed by atoms with Crippen molar-refractivity contribution in [2.24, 2.45) is 5.92 Å². The van der Waals surface area contributed by atoms with Gasteiger partial charge in [0.25, 0.3) is 0 Å². The van der Waals surface area contributed by atoms with Crippen LogP contribution in [0.3, 0.4) is 0 Å². The lowest BCUT2D eigenvalue weighted by Gasteiger charge is -2.25. The molecule has 100 valence electrons. The first-order valence-electron chi connectivity index (χ1n) is 6.37. The molecule has 4 nitrogen and oxygen atoms in total. The molecule has 1 heterocycles. The van der Waals surface area contributed by atoms with Gasteiger partial charge >= 0.3 is 0 Å². The highest BCUT2D eigenvalue weighted by atomic mass is 79.9. The van der Waals surface area contributed by atoms with Crippen molar-refractivity contribution < 1.29 is 9.26 Å². The van der Waals surface area contributed by atoms with E-state index in [2.05, 4.69) is 21.1 Å². The first-order chi connectivity index (χ1) is 9.22. The van der Waals surface area contributed by atoms with Crippen molar-refractivity contribution in [3.63, 3.8) is 0 Å². The average Bonchev–Trinajstić information content (AvgIpc) is 2.75. The van der Waals surface area contributed by atoms with Gasteiger partial charge in [-0.3, -0.25) is 0 Å². The van der Waals surface area contributed by atoms with Crippen molar-refractivity contribution in [2.75, 3.05) is 12.3 Å². The number of benzene rings is 1. The Morgan fingerprint density at radius 3 is 2.84 bits per heavy atom. The summed E-state index contributed by atoms with van der Waals surface area (Å²) in [4.78, 5) is 0. The van der Waals surface area contributed by atoms with Gasteiger partial charge in [0.1, 0.15) is 11.4 Å². The van der Waals surface area contributed by atoms with Gasteiger partial charge in [0.05, 0.1) is 6.61 Å². The number of ether oxygens (including phenoxy) is 1. The zero-order chi connectivity index (χ0) is 13.2. The molecule has 19 heavy (non-hydrogen) atoms. The lowest BCUT2D eigenvalue weighted by atomic mass is 9.86. The van der Waals surface area contributed by atoms with E-state index in [0.717, 1.165) is 22.4 Å². The summed E-state index contributed by atoms with van der Waals surface area (Å²) in [6.45, 7) is 0.766. The Labute approximate surface area is 120 Å². The van der Waals surface area contributed by atoms with Crippen molar-refractivity contribution in [1.29, 1.82) is 0 Å². The number of hydrogen-bond donors (Lipinski definition) is 1. The number of rotatable bonds is 4. The van der Waals surface area contributed by atoms with Gasteiger partial charge < -0.3 is 15.0 Å². The molecule has 0 aliphatic heterocycles. The van der Waals surface area contributed by atoms with Gasteiger partial charge in [-0.15, -0.1) is 0 Å². The molecule has 1 aliphatic rings. The predicted octanol–water partition coefficient (Wildman–Crippen LogP) is 3.87. The fourth-order valence-corrected chi connectivity index (χ4v) is 2.47. The normalized spacial score (nSPS) is 15.2. The van der Waals surface area contributed by atoms with Crippen molar-refractivity contribution in [2.45, 2.75) is 19.3 Å². The molecule has 2 aromatic rings. The van der Waals surface area contributed by atoms with E-state index in [1.54, 1.807) is 6.07 Å². The highest BCUT2D eigenvalue weighted by Crippen LogP contribution is 2.34. The monoisotopic (exact) mass is 322 g/mol. The van der Waals surface area contributed by atoms with Crippen molar-refractivity contribution in [3.05, 3.63) is 28.7 Å². The Hall–Kier alpha value is -1.49. The minimum atomic E-state index is 0.305. The maximum absolute atomic E-state index is 5.92. The van der Waals surface area contributed by atoms with Gasteiger partial charge in [-0.1, -0.05) is 27.5 Å². The zero-order valence-electron chi connectivity index (χ0n) is 10.4. The van der Waals surface area contributed by atoms with E-state index < -0.39 is 0 Å². The molecule has 0 atom stereocenters. The smallest absolute Gasteiger partial charge is 0.222 e. The molecule has 0 unspecified atom stereocenters. The van der Waals surface area contributed by atoms with E-state index in [4.69, 9.17) is 15.0 Å². The van der Waals surface area contributed by atoms with Crippen LogP contribution in [-0.2, 0) is 0 Å². The molecule has 0 radical (unpaired) electrons. The minimum Gasteiger partial charge on any atom is -0.493 e. The van der Waals surface area contributed by atoms with Crippen LogP contribution in [0.1, 0.15) is 19.3 Å². The van der Waals surface area contributed by atoms with E-state index in [0.29, 0.717) is 17.5 Å². The Balaban J connectivity index is 1.85. The molecule has 5 heteroatoms. The number of nitrogen functional groups attached to an aromatic ring is 1. The number of halogens is 1. The maximum atomic E-state index is 5.92. The van der Waals surface area contributed by atoms with E-state index >= 15 is 0 Å². The van der Waals surface area contributed by atoms with Crippen LogP contribution in [0.5, 0.6) is 5.75 Å². The van der Waals surface area contributed by atoms with Crippen LogP contribution in [0, 0.1) is 5.92 Å². The summed E-state index contributed by atoms with van der Waals surface area (Å²) in [5, 5.41) is 3.95. The molecule has 1 aliphatic carbocycles. The average molecular weight is 323 g/mol. The van der Waals surface area contributed by atoms with Crippen LogP contribution in [0.25, 0.3) is 11.3 Å². The Morgan fingerprint density at radius 1 is 1.37 bits per heavy atom. The van der Waals surface area contributed by atoms with Gasteiger partial charge in [0, 0.05) is 16.1 Å². The van der Waals surface area contributed by atoms with Crippen molar-refractivity contribution >= 4 is 21.8 Å². The van der Waals surface area contributed by atoms with Crippen LogP contribution >= 0.6 is 15.9 Å². The summed E-state index contributed by atoms with van der Waals surface area (Å²) >= 11 is 3.46. The highest BCUT2D eigenvalue weighted by Gasteiger charge is 2.19. The second kappa shape index (κ2) is 5.25. The number of anilines is 1. The molecule has 0 saturated heterocycles. The van der Waals surface area contributed by atoms with Crippen LogP contribution in [0.4, 0.5) is 5.88 Å². The molecular formula is C14H15BrN2O2. The van der Waals surface area contributed by atoms with Gasteiger partial charge in [0.2, 0.25) is 5.88 Å². The SMILES string of the molecule is Nc1cc(-c2cc(Br)ccc2OCC2CCC2)no1. The lowest BCUT2D eigenvalue weighted by Crippen LogP contribution is -2.19. The molecule has 2 N–H and O–H groups in total. The van der Waals surface area contributed by atoms with Crippen molar-refractivity contribution in [3.8, 4) is 17.0 Å². The summed E-state index contributed by atoms with van der Waals surface area (Å²) in [6, 6.07) is 7.58. The summed E-state index contributed by atoms with van der Waals surface area (Å²) < 4.78 is 11.8. The number of nitrogens with zero attached hydrogens (tertiary/aromatic N) is 1. The highest BCUT2D eigenvalue weighted by molar-refractivity contribution is 9.10. The number of aromatic nitrogens is 1. The fourth-order valence-electron chi connectivity index (χ4n) is 2.11. The summed E-state index contributed by atoms with van der Waals surface area (Å²) in [7, 11) is 0. The predicted molar refractivity (Wildman–Crippen MR) is 76.9 cm³/mol. The molecule has 0 amide bonds. The van der Waals surface area contributed by atoms with Gasteiger partial charge in [0.15, 0.2) is 0 Å². The lowest BCUT2D eigenvalue weighted by molar-refractivity contribution is 0.181. The first kappa shape index (κ1) is 12.5. The second-order valence-electron chi connectivity index (χ2n) is 4.86. The third-order valence-corrected chi connectivity index (χ3v) is 3.94. The summed E-state index contributed by atoms with van der Waals surface area (Å²) in [5.74, 6) is 1.82. The molecular weight excluding hydrogens is 308 g/mol. The fraction of sp³-hybridized carbons (Fsp3) is 0.357. The molecule has 1 fully saturated rings. The van der Waals surface area contributed by atoms with Crippen LogP contribution in [0.2, 0.25) is 0 Å². The minimum absolute atomic E-state index is 0.305. The zero-order valence-corrected chi connectivity index (χ0v) is 12.0. The van der Waals surface area contributed by atoms with E-state index in [1.165, 1.54) is 19.3 Å². The molecule has 1 saturated carbocycles. The molecule has 3 rings (SSSR count). The Morgan fingerprint density at radius 2 is 2.21 bits per heavy atom. The quantitative estimate of drug-likeness (QED) is 0.928. The summed E-state index contributed by atoms with van der Waals surface area (Å²) in [6.07, 6.45) is 3.85. The molecule has 0 bridgehead atoms. The van der Waals surface area contributed by atoms with Crippen LogP contribution in [-0.4, -0.2) is 11.8 Å². The second-order valence-corrected chi connectivity index (χ2v) is 5.78. The standard InChI is InChI=1S/C14H15BrN2O2/c15-10-4-5-13(18-8-9-2-1-3-9)11(6-10)12-7-14(16)19-17-12/h4-7,9H,1-3,8,16H2. The Bertz CT molecular complexity index is 579. The largest absolute Gasteiger partial charge is 0.493 e. The van der Waals surface area contributed by atoms with Crippen LogP contribution in [0.15, 0.2) is 33.3 Å². The van der Waals surface area contributed by atoms with E-state index in [1.807, 2.05) is 18.2 Å². The molecule has 1 aromatic heterocycles.